The van der Waals surface area contributed by atoms with E-state index in [9.17, 15) is 0 Å². The van der Waals surface area contributed by atoms with Crippen LogP contribution < -0.4 is 5.32 Å². The molecule has 0 spiro atoms. The summed E-state index contributed by atoms with van der Waals surface area (Å²) in [5, 5.41) is 12.0. The third-order valence-electron chi connectivity index (χ3n) is 2.42. The molecule has 15 heavy (non-hydrogen) atoms. The normalized spacial score (nSPS) is 12.7. The fourth-order valence-corrected chi connectivity index (χ4v) is 2.31. The first-order chi connectivity index (χ1) is 7.16. The van der Waals surface area contributed by atoms with Crippen molar-refractivity contribution in [2.45, 2.75) is 19.9 Å². The fourth-order valence-electron chi connectivity index (χ4n) is 1.72. The second-order valence-corrected chi connectivity index (χ2v) is 4.50. The fraction of sp³-hybridized carbons (Fsp3) is 0.364. The van der Waals surface area contributed by atoms with Crippen LogP contribution in [0.3, 0.4) is 0 Å². The number of rotatable bonds is 3. The summed E-state index contributed by atoms with van der Waals surface area (Å²) in [6, 6.07) is 2.39. The van der Waals surface area contributed by atoms with Crippen molar-refractivity contribution in [3.63, 3.8) is 0 Å². The van der Waals surface area contributed by atoms with E-state index in [1.54, 1.807) is 11.3 Å². The van der Waals surface area contributed by atoms with Crippen molar-refractivity contribution >= 4 is 17.0 Å². The van der Waals surface area contributed by atoms with Gasteiger partial charge in [-0.3, -0.25) is 4.68 Å². The minimum atomic E-state index is 0.299. The van der Waals surface area contributed by atoms with E-state index in [-0.39, 0.29) is 0 Å². The van der Waals surface area contributed by atoms with Crippen molar-refractivity contribution in [2.75, 3.05) is 5.32 Å². The second-order valence-electron chi connectivity index (χ2n) is 3.72. The molecular formula is C11H15N3S. The van der Waals surface area contributed by atoms with Crippen molar-refractivity contribution in [1.82, 2.24) is 9.78 Å². The SMILES string of the molecule is Cc1nn(C)cc1C(C)Nc1ccsc1. The molecule has 0 aliphatic carbocycles. The van der Waals surface area contributed by atoms with E-state index in [0.29, 0.717) is 6.04 Å². The summed E-state index contributed by atoms with van der Waals surface area (Å²) < 4.78 is 1.86. The first-order valence-corrected chi connectivity index (χ1v) is 5.90. The summed E-state index contributed by atoms with van der Waals surface area (Å²) in [5.74, 6) is 0. The number of aryl methyl sites for hydroxylation is 2. The number of nitrogens with zero attached hydrogens (tertiary/aromatic N) is 2. The molecule has 2 rings (SSSR count). The average Bonchev–Trinajstić information content (AvgIpc) is 2.75. The second kappa shape index (κ2) is 4.06. The van der Waals surface area contributed by atoms with E-state index in [4.69, 9.17) is 0 Å². The molecule has 2 aromatic rings. The number of nitrogens with one attached hydrogen (secondary N) is 1. The highest BCUT2D eigenvalue weighted by Crippen LogP contribution is 2.22. The molecule has 1 unspecified atom stereocenters. The summed E-state index contributed by atoms with van der Waals surface area (Å²) in [7, 11) is 1.95. The lowest BCUT2D eigenvalue weighted by molar-refractivity contribution is 0.756. The molecule has 1 N–H and O–H groups in total. The van der Waals surface area contributed by atoms with Crippen LogP contribution in [0.2, 0.25) is 0 Å². The molecule has 3 nitrogen and oxygen atoms in total. The summed E-state index contributed by atoms with van der Waals surface area (Å²) in [5.41, 5.74) is 3.52. The summed E-state index contributed by atoms with van der Waals surface area (Å²) in [6.07, 6.45) is 2.07. The van der Waals surface area contributed by atoms with Crippen LogP contribution in [0.1, 0.15) is 24.2 Å². The van der Waals surface area contributed by atoms with Crippen molar-refractivity contribution < 1.29 is 0 Å². The van der Waals surface area contributed by atoms with E-state index >= 15 is 0 Å². The molecule has 0 saturated carbocycles. The summed E-state index contributed by atoms with van der Waals surface area (Å²) >= 11 is 1.70. The molecule has 0 aromatic carbocycles. The lowest BCUT2D eigenvalue weighted by atomic mass is 10.1. The van der Waals surface area contributed by atoms with Crippen molar-refractivity contribution in [3.05, 3.63) is 34.3 Å². The number of hydrogen-bond acceptors (Lipinski definition) is 3. The Morgan fingerprint density at radius 3 is 2.87 bits per heavy atom. The Kier molecular flexibility index (Phi) is 2.77. The van der Waals surface area contributed by atoms with Gasteiger partial charge in [0.1, 0.15) is 0 Å². The van der Waals surface area contributed by atoms with Crippen LogP contribution in [0.25, 0.3) is 0 Å². The monoisotopic (exact) mass is 221 g/mol. The van der Waals surface area contributed by atoms with Gasteiger partial charge in [-0.2, -0.15) is 16.4 Å². The highest BCUT2D eigenvalue weighted by atomic mass is 32.1. The largest absolute Gasteiger partial charge is 0.378 e. The van der Waals surface area contributed by atoms with Crippen LogP contribution in [0.15, 0.2) is 23.0 Å². The molecule has 1 atom stereocenters. The lowest BCUT2D eigenvalue weighted by Gasteiger charge is -2.12. The van der Waals surface area contributed by atoms with Crippen molar-refractivity contribution in [3.8, 4) is 0 Å². The zero-order chi connectivity index (χ0) is 10.8. The quantitative estimate of drug-likeness (QED) is 0.863. The van der Waals surface area contributed by atoms with E-state index in [2.05, 4.69) is 40.4 Å². The number of aromatic nitrogens is 2. The maximum atomic E-state index is 4.34. The molecule has 2 heterocycles. The highest BCUT2D eigenvalue weighted by molar-refractivity contribution is 7.08. The molecular weight excluding hydrogens is 206 g/mol. The van der Waals surface area contributed by atoms with Crippen LogP contribution >= 0.6 is 11.3 Å². The number of anilines is 1. The van der Waals surface area contributed by atoms with Gasteiger partial charge in [0.15, 0.2) is 0 Å². The Labute approximate surface area is 93.7 Å². The van der Waals surface area contributed by atoms with Gasteiger partial charge in [0.2, 0.25) is 0 Å². The molecule has 80 valence electrons. The molecule has 0 saturated heterocycles. The maximum Gasteiger partial charge on any atom is 0.0646 e. The van der Waals surface area contributed by atoms with Gasteiger partial charge in [-0.05, 0) is 25.3 Å². The molecule has 0 amide bonds. The minimum absolute atomic E-state index is 0.299. The average molecular weight is 221 g/mol. The minimum Gasteiger partial charge on any atom is -0.378 e. The van der Waals surface area contributed by atoms with Crippen LogP contribution in [-0.4, -0.2) is 9.78 Å². The van der Waals surface area contributed by atoms with Crippen molar-refractivity contribution in [1.29, 1.82) is 0 Å². The van der Waals surface area contributed by atoms with E-state index in [1.165, 1.54) is 11.3 Å². The molecule has 4 heteroatoms. The Bertz CT molecular complexity index is 431. The zero-order valence-corrected chi connectivity index (χ0v) is 10.0. The Morgan fingerprint density at radius 1 is 1.53 bits per heavy atom. The van der Waals surface area contributed by atoms with E-state index in [0.717, 1.165) is 5.69 Å². The predicted octanol–water partition coefficient (Wildman–Crippen LogP) is 2.96. The molecule has 0 radical (unpaired) electrons. The molecule has 0 bridgehead atoms. The Hall–Kier alpha value is -1.29. The van der Waals surface area contributed by atoms with Gasteiger partial charge in [-0.1, -0.05) is 0 Å². The van der Waals surface area contributed by atoms with Gasteiger partial charge in [0.25, 0.3) is 0 Å². The first-order valence-electron chi connectivity index (χ1n) is 4.95. The summed E-state index contributed by atoms with van der Waals surface area (Å²) in [4.78, 5) is 0. The number of hydrogen-bond donors (Lipinski definition) is 1. The maximum absolute atomic E-state index is 4.34. The van der Waals surface area contributed by atoms with Gasteiger partial charge < -0.3 is 5.32 Å². The third kappa shape index (κ3) is 2.21. The van der Waals surface area contributed by atoms with Crippen LogP contribution in [0.5, 0.6) is 0 Å². The van der Waals surface area contributed by atoms with Gasteiger partial charge in [0, 0.05) is 29.9 Å². The highest BCUT2D eigenvalue weighted by Gasteiger charge is 2.11. The van der Waals surface area contributed by atoms with Crippen molar-refractivity contribution in [2.24, 2.45) is 7.05 Å². The van der Waals surface area contributed by atoms with Gasteiger partial charge in [0.05, 0.1) is 11.7 Å². The Balaban J connectivity index is 2.14. The molecule has 2 aromatic heterocycles. The molecule has 0 fully saturated rings. The lowest BCUT2D eigenvalue weighted by Crippen LogP contribution is -2.06. The number of thiophene rings is 1. The first kappa shape index (κ1) is 10.2. The van der Waals surface area contributed by atoms with Crippen LogP contribution in [0, 0.1) is 6.92 Å². The van der Waals surface area contributed by atoms with E-state index < -0.39 is 0 Å². The Morgan fingerprint density at radius 2 is 2.33 bits per heavy atom. The smallest absolute Gasteiger partial charge is 0.0646 e. The van der Waals surface area contributed by atoms with Gasteiger partial charge in [-0.15, -0.1) is 0 Å². The molecule has 0 aliphatic heterocycles. The summed E-state index contributed by atoms with van der Waals surface area (Å²) in [6.45, 7) is 4.20. The third-order valence-corrected chi connectivity index (χ3v) is 3.11. The van der Waals surface area contributed by atoms with Gasteiger partial charge in [-0.25, -0.2) is 0 Å². The van der Waals surface area contributed by atoms with Crippen LogP contribution in [0.4, 0.5) is 5.69 Å². The van der Waals surface area contributed by atoms with Crippen LogP contribution in [-0.2, 0) is 7.05 Å². The predicted molar refractivity (Wildman–Crippen MR) is 64.3 cm³/mol. The van der Waals surface area contributed by atoms with Gasteiger partial charge >= 0.3 is 0 Å². The topological polar surface area (TPSA) is 29.9 Å². The molecule has 0 aliphatic rings. The standard InChI is InChI=1S/C11H15N3S/c1-8(12-10-4-5-15-7-10)11-6-14(3)13-9(11)2/h4-8,12H,1-3H3. The van der Waals surface area contributed by atoms with E-state index in [1.807, 2.05) is 18.7 Å². The zero-order valence-electron chi connectivity index (χ0n) is 9.19.